The summed E-state index contributed by atoms with van der Waals surface area (Å²) in [7, 11) is 0. The molecule has 5 heteroatoms. The first kappa shape index (κ1) is 14.2. The van der Waals surface area contributed by atoms with Crippen LogP contribution in [0.2, 0.25) is 10.0 Å². The lowest BCUT2D eigenvalue weighted by molar-refractivity contribution is 0.256. The third kappa shape index (κ3) is 2.99. The van der Waals surface area contributed by atoms with Crippen molar-refractivity contribution in [2.45, 2.75) is 12.8 Å². The Labute approximate surface area is 133 Å². The smallest absolute Gasteiger partial charge is 0.307 e. The molecule has 0 atom stereocenters. The molecule has 0 unspecified atom stereocenters. The van der Waals surface area contributed by atoms with Crippen molar-refractivity contribution in [1.29, 1.82) is 0 Å². The summed E-state index contributed by atoms with van der Waals surface area (Å²) in [4.78, 5) is 14.2. The van der Waals surface area contributed by atoms with Gasteiger partial charge in [0.15, 0.2) is 0 Å². The van der Waals surface area contributed by atoms with Crippen molar-refractivity contribution < 1.29 is 4.79 Å². The first-order valence-electron chi connectivity index (χ1n) is 6.76. The zero-order valence-electron chi connectivity index (χ0n) is 11.3. The molecule has 0 fully saturated rings. The normalized spacial score (nSPS) is 13.7. The van der Waals surface area contributed by atoms with Gasteiger partial charge in [0.1, 0.15) is 0 Å². The number of nitrogens with zero attached hydrogens (tertiary/aromatic N) is 1. The number of anilines is 2. The van der Waals surface area contributed by atoms with E-state index in [-0.39, 0.29) is 6.03 Å². The molecule has 0 saturated carbocycles. The highest BCUT2D eigenvalue weighted by Crippen LogP contribution is 2.28. The number of rotatable bonds is 1. The summed E-state index contributed by atoms with van der Waals surface area (Å²) >= 11 is 11.8. The minimum absolute atomic E-state index is 0.152. The third-order valence-electron chi connectivity index (χ3n) is 3.53. The van der Waals surface area contributed by atoms with Gasteiger partial charge in [-0.05, 0) is 42.7 Å². The highest BCUT2D eigenvalue weighted by Gasteiger charge is 2.22. The van der Waals surface area contributed by atoms with Crippen molar-refractivity contribution in [2.75, 3.05) is 16.8 Å². The summed E-state index contributed by atoms with van der Waals surface area (Å²) in [5.41, 5.74) is 2.81. The second-order valence-electron chi connectivity index (χ2n) is 4.94. The van der Waals surface area contributed by atoms with Crippen LogP contribution in [0.1, 0.15) is 12.0 Å². The molecule has 21 heavy (non-hydrogen) atoms. The Morgan fingerprint density at radius 1 is 1.10 bits per heavy atom. The van der Waals surface area contributed by atoms with E-state index in [9.17, 15) is 4.79 Å². The standard InChI is InChI=1S/C16H14Cl2N2O/c17-13-8-7-12(10-14(13)18)19-16(21)20-9-3-5-11-4-1-2-6-15(11)20/h1-2,4,6-8,10H,3,5,9H2,(H,19,21). The van der Waals surface area contributed by atoms with Crippen LogP contribution < -0.4 is 10.2 Å². The minimum atomic E-state index is -0.152. The summed E-state index contributed by atoms with van der Waals surface area (Å²) in [5.74, 6) is 0. The van der Waals surface area contributed by atoms with Gasteiger partial charge in [0, 0.05) is 17.9 Å². The summed E-state index contributed by atoms with van der Waals surface area (Å²) in [6.45, 7) is 0.712. The van der Waals surface area contributed by atoms with Gasteiger partial charge < -0.3 is 5.32 Å². The molecule has 1 aliphatic heterocycles. The van der Waals surface area contributed by atoms with Crippen LogP contribution in [-0.2, 0) is 6.42 Å². The number of amides is 2. The molecule has 108 valence electrons. The van der Waals surface area contributed by atoms with E-state index < -0.39 is 0 Å². The largest absolute Gasteiger partial charge is 0.326 e. The Morgan fingerprint density at radius 3 is 2.71 bits per heavy atom. The molecule has 3 rings (SSSR count). The molecule has 1 heterocycles. The fourth-order valence-corrected chi connectivity index (χ4v) is 2.81. The number of hydrogen-bond acceptors (Lipinski definition) is 1. The first-order chi connectivity index (χ1) is 10.1. The Bertz CT molecular complexity index is 688. The van der Waals surface area contributed by atoms with Gasteiger partial charge >= 0.3 is 6.03 Å². The number of carbonyl (C=O) groups excluding carboxylic acids is 1. The van der Waals surface area contributed by atoms with Gasteiger partial charge in [-0.2, -0.15) is 0 Å². The van der Waals surface area contributed by atoms with Gasteiger partial charge in [0.25, 0.3) is 0 Å². The number of halogens is 2. The second-order valence-corrected chi connectivity index (χ2v) is 5.76. The van der Waals surface area contributed by atoms with Gasteiger partial charge in [0.2, 0.25) is 0 Å². The fourth-order valence-electron chi connectivity index (χ4n) is 2.51. The lowest BCUT2D eigenvalue weighted by Gasteiger charge is -2.29. The highest BCUT2D eigenvalue weighted by atomic mass is 35.5. The molecule has 0 bridgehead atoms. The summed E-state index contributed by atoms with van der Waals surface area (Å²) in [6.07, 6.45) is 1.97. The van der Waals surface area contributed by atoms with Crippen LogP contribution in [0.15, 0.2) is 42.5 Å². The van der Waals surface area contributed by atoms with E-state index in [0.717, 1.165) is 18.5 Å². The molecular weight excluding hydrogens is 307 g/mol. The molecule has 2 aromatic carbocycles. The molecular formula is C16H14Cl2N2O. The Kier molecular flexibility index (Phi) is 4.04. The Hall–Kier alpha value is -1.71. The third-order valence-corrected chi connectivity index (χ3v) is 4.27. The maximum absolute atomic E-state index is 12.5. The average molecular weight is 321 g/mol. The molecule has 1 aliphatic rings. The first-order valence-corrected chi connectivity index (χ1v) is 7.52. The topological polar surface area (TPSA) is 32.3 Å². The lowest BCUT2D eigenvalue weighted by Crippen LogP contribution is -2.38. The van der Waals surface area contributed by atoms with Crippen molar-refractivity contribution in [3.63, 3.8) is 0 Å². The molecule has 3 nitrogen and oxygen atoms in total. The van der Waals surface area contributed by atoms with Crippen LogP contribution in [0.25, 0.3) is 0 Å². The summed E-state index contributed by atoms with van der Waals surface area (Å²) in [6, 6.07) is 12.9. The number of hydrogen-bond donors (Lipinski definition) is 1. The van der Waals surface area contributed by atoms with E-state index in [1.165, 1.54) is 5.56 Å². The van der Waals surface area contributed by atoms with Crippen LogP contribution >= 0.6 is 23.2 Å². The molecule has 0 aliphatic carbocycles. The van der Waals surface area contributed by atoms with Crippen LogP contribution in [0.3, 0.4) is 0 Å². The number of nitrogens with one attached hydrogen (secondary N) is 1. The van der Waals surface area contributed by atoms with Crippen molar-refractivity contribution >= 4 is 40.6 Å². The number of carbonyl (C=O) groups is 1. The molecule has 2 aromatic rings. The number of fused-ring (bicyclic) bond motifs is 1. The van der Waals surface area contributed by atoms with E-state index >= 15 is 0 Å². The SMILES string of the molecule is O=C(Nc1ccc(Cl)c(Cl)c1)N1CCCc2ccccc21. The predicted molar refractivity (Wildman–Crippen MR) is 87.6 cm³/mol. The van der Waals surface area contributed by atoms with E-state index in [1.54, 1.807) is 23.1 Å². The van der Waals surface area contributed by atoms with Gasteiger partial charge in [-0.3, -0.25) is 4.90 Å². The van der Waals surface area contributed by atoms with Crippen LogP contribution in [0.5, 0.6) is 0 Å². The van der Waals surface area contributed by atoms with Gasteiger partial charge in [-0.25, -0.2) is 4.79 Å². The lowest BCUT2D eigenvalue weighted by atomic mass is 10.0. The predicted octanol–water partition coefficient (Wildman–Crippen LogP) is 4.98. The van der Waals surface area contributed by atoms with Gasteiger partial charge in [0.05, 0.1) is 10.0 Å². The van der Waals surface area contributed by atoms with E-state index in [1.807, 2.05) is 18.2 Å². The van der Waals surface area contributed by atoms with E-state index in [4.69, 9.17) is 23.2 Å². The molecule has 0 spiro atoms. The zero-order valence-corrected chi connectivity index (χ0v) is 12.8. The quantitative estimate of drug-likeness (QED) is 0.789. The highest BCUT2D eigenvalue weighted by molar-refractivity contribution is 6.42. The molecule has 0 saturated heterocycles. The number of benzene rings is 2. The van der Waals surface area contributed by atoms with E-state index in [2.05, 4.69) is 11.4 Å². The Balaban J connectivity index is 1.81. The minimum Gasteiger partial charge on any atom is -0.307 e. The summed E-state index contributed by atoms with van der Waals surface area (Å²) < 4.78 is 0. The van der Waals surface area contributed by atoms with Crippen LogP contribution in [-0.4, -0.2) is 12.6 Å². The Morgan fingerprint density at radius 2 is 1.90 bits per heavy atom. The van der Waals surface area contributed by atoms with Crippen LogP contribution in [0, 0.1) is 0 Å². The fraction of sp³-hybridized carbons (Fsp3) is 0.188. The van der Waals surface area contributed by atoms with E-state index in [0.29, 0.717) is 22.3 Å². The van der Waals surface area contributed by atoms with Crippen molar-refractivity contribution in [3.8, 4) is 0 Å². The number of urea groups is 1. The molecule has 2 amide bonds. The maximum Gasteiger partial charge on any atom is 0.326 e. The van der Waals surface area contributed by atoms with Gasteiger partial charge in [-0.1, -0.05) is 41.4 Å². The number of para-hydroxylation sites is 1. The maximum atomic E-state index is 12.5. The molecule has 0 radical (unpaired) electrons. The van der Waals surface area contributed by atoms with Gasteiger partial charge in [-0.15, -0.1) is 0 Å². The summed E-state index contributed by atoms with van der Waals surface area (Å²) in [5, 5.41) is 3.76. The molecule has 0 aromatic heterocycles. The average Bonchev–Trinajstić information content (AvgIpc) is 2.50. The second kappa shape index (κ2) is 5.96. The zero-order chi connectivity index (χ0) is 14.8. The van der Waals surface area contributed by atoms with Crippen molar-refractivity contribution in [2.24, 2.45) is 0 Å². The monoisotopic (exact) mass is 320 g/mol. The molecule has 1 N–H and O–H groups in total. The number of aryl methyl sites for hydroxylation is 1. The van der Waals surface area contributed by atoms with Crippen LogP contribution in [0.4, 0.5) is 16.2 Å². The van der Waals surface area contributed by atoms with Crippen molar-refractivity contribution in [1.82, 2.24) is 0 Å². The van der Waals surface area contributed by atoms with Crippen molar-refractivity contribution in [3.05, 3.63) is 58.1 Å².